The zero-order chi connectivity index (χ0) is 15.1. The topological polar surface area (TPSA) is 55.8 Å². The summed E-state index contributed by atoms with van der Waals surface area (Å²) in [5.74, 6) is -0.439. The summed E-state index contributed by atoms with van der Waals surface area (Å²) in [7, 11) is 0. The highest BCUT2D eigenvalue weighted by atomic mass is 32.2. The molecule has 0 aliphatic carbocycles. The van der Waals surface area contributed by atoms with E-state index in [9.17, 15) is 4.79 Å². The SMILES string of the molecule is Cc1ccc(SOCCOc2cccc(C(=O)O)c2)cc1. The number of aromatic carboxylic acids is 1. The number of rotatable bonds is 7. The Labute approximate surface area is 127 Å². The van der Waals surface area contributed by atoms with E-state index in [2.05, 4.69) is 0 Å². The largest absolute Gasteiger partial charge is 0.491 e. The van der Waals surface area contributed by atoms with Crippen molar-refractivity contribution in [3.63, 3.8) is 0 Å². The van der Waals surface area contributed by atoms with Gasteiger partial charge < -0.3 is 14.0 Å². The summed E-state index contributed by atoms with van der Waals surface area (Å²) in [4.78, 5) is 11.9. The molecule has 0 radical (unpaired) electrons. The first-order valence-corrected chi connectivity index (χ1v) is 7.21. The lowest BCUT2D eigenvalue weighted by Gasteiger charge is -2.07. The lowest BCUT2D eigenvalue weighted by atomic mass is 10.2. The number of carboxylic acids is 1. The second-order valence-corrected chi connectivity index (χ2v) is 5.27. The molecule has 21 heavy (non-hydrogen) atoms. The predicted octanol–water partition coefficient (Wildman–Crippen LogP) is 3.80. The molecule has 0 saturated carbocycles. The van der Waals surface area contributed by atoms with Gasteiger partial charge in [-0.1, -0.05) is 23.8 Å². The third-order valence-corrected chi connectivity index (χ3v) is 3.44. The van der Waals surface area contributed by atoms with Crippen molar-refractivity contribution < 1.29 is 18.8 Å². The summed E-state index contributed by atoms with van der Waals surface area (Å²) in [6.45, 7) is 2.81. The highest BCUT2D eigenvalue weighted by Gasteiger charge is 2.03. The molecule has 5 heteroatoms. The molecule has 2 aromatic rings. The van der Waals surface area contributed by atoms with Crippen LogP contribution in [0.5, 0.6) is 5.75 Å². The molecule has 0 bridgehead atoms. The van der Waals surface area contributed by atoms with Crippen molar-refractivity contribution in [2.24, 2.45) is 0 Å². The van der Waals surface area contributed by atoms with Crippen LogP contribution in [-0.4, -0.2) is 24.3 Å². The minimum absolute atomic E-state index is 0.211. The van der Waals surface area contributed by atoms with Gasteiger partial charge in [0.05, 0.1) is 12.2 Å². The quantitative estimate of drug-likeness (QED) is 0.623. The molecule has 0 aliphatic rings. The van der Waals surface area contributed by atoms with Crippen LogP contribution in [0.4, 0.5) is 0 Å². The van der Waals surface area contributed by atoms with Crippen LogP contribution < -0.4 is 4.74 Å². The van der Waals surface area contributed by atoms with E-state index in [1.165, 1.54) is 29.7 Å². The molecule has 0 heterocycles. The number of benzene rings is 2. The first-order valence-electron chi connectivity index (χ1n) is 6.47. The van der Waals surface area contributed by atoms with Crippen molar-refractivity contribution in [2.45, 2.75) is 11.8 Å². The van der Waals surface area contributed by atoms with Gasteiger partial charge in [0.2, 0.25) is 0 Å². The lowest BCUT2D eigenvalue weighted by Crippen LogP contribution is -2.04. The highest BCUT2D eigenvalue weighted by Crippen LogP contribution is 2.19. The lowest BCUT2D eigenvalue weighted by molar-refractivity contribution is 0.0696. The molecule has 4 nitrogen and oxygen atoms in total. The Balaban J connectivity index is 1.71. The van der Waals surface area contributed by atoms with E-state index >= 15 is 0 Å². The van der Waals surface area contributed by atoms with E-state index in [-0.39, 0.29) is 5.56 Å². The highest BCUT2D eigenvalue weighted by molar-refractivity contribution is 7.94. The van der Waals surface area contributed by atoms with E-state index in [0.717, 1.165) is 4.90 Å². The van der Waals surface area contributed by atoms with Gasteiger partial charge in [-0.3, -0.25) is 0 Å². The van der Waals surface area contributed by atoms with E-state index in [1.807, 2.05) is 31.2 Å². The van der Waals surface area contributed by atoms with E-state index in [1.54, 1.807) is 12.1 Å². The average molecular weight is 304 g/mol. The second kappa shape index (κ2) is 7.71. The second-order valence-electron chi connectivity index (χ2n) is 4.40. The van der Waals surface area contributed by atoms with Crippen molar-refractivity contribution in [3.8, 4) is 5.75 Å². The van der Waals surface area contributed by atoms with Crippen molar-refractivity contribution >= 4 is 18.0 Å². The van der Waals surface area contributed by atoms with Crippen LogP contribution in [-0.2, 0) is 4.18 Å². The monoisotopic (exact) mass is 304 g/mol. The van der Waals surface area contributed by atoms with Gasteiger partial charge in [0.1, 0.15) is 12.4 Å². The van der Waals surface area contributed by atoms with Crippen LogP contribution in [0.1, 0.15) is 15.9 Å². The maximum Gasteiger partial charge on any atom is 0.335 e. The Hall–Kier alpha value is -1.98. The third-order valence-electron chi connectivity index (χ3n) is 2.69. The summed E-state index contributed by atoms with van der Waals surface area (Å²) < 4.78 is 10.9. The predicted molar refractivity (Wildman–Crippen MR) is 81.9 cm³/mol. The van der Waals surface area contributed by atoms with Gasteiger partial charge in [-0.15, -0.1) is 0 Å². The fourth-order valence-corrected chi connectivity index (χ4v) is 2.15. The number of hydrogen-bond acceptors (Lipinski definition) is 4. The first-order chi connectivity index (χ1) is 10.1. The minimum Gasteiger partial charge on any atom is -0.491 e. The van der Waals surface area contributed by atoms with Crippen LogP contribution in [0.15, 0.2) is 53.4 Å². The fourth-order valence-electron chi connectivity index (χ4n) is 1.62. The molecule has 2 aromatic carbocycles. The van der Waals surface area contributed by atoms with E-state index in [4.69, 9.17) is 14.0 Å². The molecule has 0 aliphatic heterocycles. The van der Waals surface area contributed by atoms with Crippen LogP contribution in [0, 0.1) is 6.92 Å². The van der Waals surface area contributed by atoms with Gasteiger partial charge in [0, 0.05) is 16.9 Å². The van der Waals surface area contributed by atoms with Crippen LogP contribution in [0.3, 0.4) is 0 Å². The normalized spacial score (nSPS) is 10.3. The Morgan fingerprint density at radius 2 is 1.90 bits per heavy atom. The number of ether oxygens (including phenoxy) is 1. The average Bonchev–Trinajstić information content (AvgIpc) is 2.49. The maximum absolute atomic E-state index is 10.8. The molecule has 0 amide bonds. The number of carboxylic acid groups (broad SMARTS) is 1. The third kappa shape index (κ3) is 5.13. The zero-order valence-corrected chi connectivity index (χ0v) is 12.4. The molecule has 2 rings (SSSR count). The first kappa shape index (κ1) is 15.4. The smallest absolute Gasteiger partial charge is 0.335 e. The van der Waals surface area contributed by atoms with Gasteiger partial charge in [0.15, 0.2) is 0 Å². The molecule has 110 valence electrons. The summed E-state index contributed by atoms with van der Waals surface area (Å²) in [6.07, 6.45) is 0. The van der Waals surface area contributed by atoms with Crippen LogP contribution in [0.2, 0.25) is 0 Å². The number of hydrogen-bond donors (Lipinski definition) is 1. The molecule has 0 unspecified atom stereocenters. The van der Waals surface area contributed by atoms with Crippen LogP contribution >= 0.6 is 12.0 Å². The van der Waals surface area contributed by atoms with Crippen molar-refractivity contribution in [2.75, 3.05) is 13.2 Å². The fraction of sp³-hybridized carbons (Fsp3) is 0.188. The van der Waals surface area contributed by atoms with Gasteiger partial charge in [0.25, 0.3) is 0 Å². The standard InChI is InChI=1S/C16H16O4S/c1-12-5-7-15(8-6-12)21-20-10-9-19-14-4-2-3-13(11-14)16(17)18/h2-8,11H,9-10H2,1H3,(H,17,18). The van der Waals surface area contributed by atoms with Gasteiger partial charge >= 0.3 is 5.97 Å². The van der Waals surface area contributed by atoms with Crippen molar-refractivity contribution in [1.82, 2.24) is 0 Å². The molecule has 0 fully saturated rings. The van der Waals surface area contributed by atoms with Crippen molar-refractivity contribution in [1.29, 1.82) is 0 Å². The zero-order valence-electron chi connectivity index (χ0n) is 11.6. The van der Waals surface area contributed by atoms with Gasteiger partial charge in [-0.25, -0.2) is 4.79 Å². The van der Waals surface area contributed by atoms with Crippen molar-refractivity contribution in [3.05, 3.63) is 59.7 Å². The Bertz CT molecular complexity index is 595. The molecule has 0 atom stereocenters. The summed E-state index contributed by atoms with van der Waals surface area (Å²) in [6, 6.07) is 14.4. The molecule has 0 saturated heterocycles. The molecule has 0 aromatic heterocycles. The minimum atomic E-state index is -0.966. The molecular formula is C16H16O4S. The Morgan fingerprint density at radius 3 is 2.62 bits per heavy atom. The summed E-state index contributed by atoms with van der Waals surface area (Å²) >= 11 is 1.30. The van der Waals surface area contributed by atoms with Crippen LogP contribution in [0.25, 0.3) is 0 Å². The van der Waals surface area contributed by atoms with E-state index in [0.29, 0.717) is 19.0 Å². The number of carbonyl (C=O) groups is 1. The van der Waals surface area contributed by atoms with Gasteiger partial charge in [-0.2, -0.15) is 0 Å². The summed E-state index contributed by atoms with van der Waals surface area (Å²) in [5.41, 5.74) is 1.42. The molecule has 1 N–H and O–H groups in total. The Morgan fingerprint density at radius 1 is 1.14 bits per heavy atom. The maximum atomic E-state index is 10.8. The Kier molecular flexibility index (Phi) is 5.66. The van der Waals surface area contributed by atoms with E-state index < -0.39 is 5.97 Å². The molecular weight excluding hydrogens is 288 g/mol. The summed E-state index contributed by atoms with van der Waals surface area (Å²) in [5, 5.41) is 8.88. The van der Waals surface area contributed by atoms with Gasteiger partial charge in [-0.05, 0) is 37.3 Å². The number of aryl methyl sites for hydroxylation is 1. The molecule has 0 spiro atoms.